The normalized spacial score (nSPS) is 12.6. The maximum absolute atomic E-state index is 12.1. The van der Waals surface area contributed by atoms with Crippen LogP contribution in [-0.2, 0) is 19.9 Å². The van der Waals surface area contributed by atoms with Crippen LogP contribution in [0.2, 0.25) is 0 Å². The summed E-state index contributed by atoms with van der Waals surface area (Å²) in [5.41, 5.74) is 6.50. The Bertz CT molecular complexity index is 699. The van der Waals surface area contributed by atoms with Crippen LogP contribution in [0.4, 0.5) is 5.69 Å². The fraction of sp³-hybridized carbons (Fsp3) is 0.455. The molecule has 3 N–H and O–H groups in total. The zero-order valence-corrected chi connectivity index (χ0v) is 14.4. The Morgan fingerprint density at radius 3 is 2.40 bits per heavy atom. The zero-order chi connectivity index (χ0) is 15.6. The molecule has 9 heteroatoms. The van der Waals surface area contributed by atoms with Crippen molar-refractivity contribution in [3.8, 4) is 0 Å². The molecular weight excluding hydrogens is 368 g/mol. The molecule has 0 aliphatic carbocycles. The minimum atomic E-state index is -3.78. The van der Waals surface area contributed by atoms with Crippen LogP contribution in [0.5, 0.6) is 0 Å². The van der Waals surface area contributed by atoms with Crippen LogP contribution in [0.1, 0.15) is 12.5 Å². The molecule has 0 amide bonds. The van der Waals surface area contributed by atoms with E-state index in [0.29, 0.717) is 15.7 Å². The third-order valence-corrected chi connectivity index (χ3v) is 6.72. The Kier molecular flexibility index (Phi) is 5.59. The van der Waals surface area contributed by atoms with Gasteiger partial charge >= 0.3 is 0 Å². The van der Waals surface area contributed by atoms with Crippen molar-refractivity contribution in [2.75, 3.05) is 23.8 Å². The van der Waals surface area contributed by atoms with Gasteiger partial charge in [-0.3, -0.25) is 0 Å². The molecule has 0 aliphatic rings. The molecule has 0 bridgehead atoms. The number of nitrogen functional groups attached to an aromatic ring is 1. The lowest BCUT2D eigenvalue weighted by Crippen LogP contribution is -2.30. The van der Waals surface area contributed by atoms with Crippen LogP contribution in [0, 0.1) is 6.92 Å². The molecule has 0 spiro atoms. The van der Waals surface area contributed by atoms with E-state index in [1.165, 1.54) is 13.0 Å². The SMILES string of the molecule is CCS(=O)(=O)CCNS(=O)(=O)c1cc(N)c(Br)cc1C. The predicted octanol–water partition coefficient (Wildman–Crippen LogP) is 1.05. The molecule has 1 aromatic rings. The van der Waals surface area contributed by atoms with E-state index in [1.54, 1.807) is 13.0 Å². The van der Waals surface area contributed by atoms with E-state index < -0.39 is 19.9 Å². The first-order valence-corrected chi connectivity index (χ1v) is 9.94. The molecule has 6 nitrogen and oxygen atoms in total. The average molecular weight is 385 g/mol. The van der Waals surface area contributed by atoms with Crippen molar-refractivity contribution in [3.63, 3.8) is 0 Å². The van der Waals surface area contributed by atoms with Crippen molar-refractivity contribution < 1.29 is 16.8 Å². The molecule has 0 unspecified atom stereocenters. The van der Waals surface area contributed by atoms with E-state index >= 15 is 0 Å². The second-order valence-corrected chi connectivity index (χ2v) is 9.34. The quantitative estimate of drug-likeness (QED) is 0.712. The Morgan fingerprint density at radius 1 is 1.25 bits per heavy atom. The number of nitrogens with two attached hydrogens (primary N) is 1. The molecule has 0 radical (unpaired) electrons. The third-order valence-electron chi connectivity index (χ3n) is 2.73. The van der Waals surface area contributed by atoms with Crippen LogP contribution in [0.3, 0.4) is 0 Å². The lowest BCUT2D eigenvalue weighted by Gasteiger charge is -2.11. The summed E-state index contributed by atoms with van der Waals surface area (Å²) in [6, 6.07) is 2.95. The van der Waals surface area contributed by atoms with Crippen LogP contribution < -0.4 is 10.5 Å². The largest absolute Gasteiger partial charge is 0.398 e. The van der Waals surface area contributed by atoms with Gasteiger partial charge in [0.05, 0.1) is 10.6 Å². The van der Waals surface area contributed by atoms with Gasteiger partial charge in [-0.15, -0.1) is 0 Å². The molecule has 20 heavy (non-hydrogen) atoms. The van der Waals surface area contributed by atoms with Gasteiger partial charge in [0.2, 0.25) is 10.0 Å². The zero-order valence-electron chi connectivity index (χ0n) is 11.2. The smallest absolute Gasteiger partial charge is 0.240 e. The highest BCUT2D eigenvalue weighted by molar-refractivity contribution is 9.10. The maximum Gasteiger partial charge on any atom is 0.240 e. The number of hydrogen-bond acceptors (Lipinski definition) is 5. The van der Waals surface area contributed by atoms with Crippen molar-refractivity contribution in [1.82, 2.24) is 4.72 Å². The monoisotopic (exact) mass is 384 g/mol. The summed E-state index contributed by atoms with van der Waals surface area (Å²) in [7, 11) is -6.98. The van der Waals surface area contributed by atoms with Gasteiger partial charge in [-0.1, -0.05) is 6.92 Å². The number of hydrogen-bond donors (Lipinski definition) is 2. The lowest BCUT2D eigenvalue weighted by atomic mass is 10.2. The van der Waals surface area contributed by atoms with Gasteiger partial charge in [0.15, 0.2) is 9.84 Å². The number of benzene rings is 1. The number of sulfonamides is 1. The maximum atomic E-state index is 12.1. The van der Waals surface area contributed by atoms with Crippen molar-refractivity contribution in [3.05, 3.63) is 22.2 Å². The van der Waals surface area contributed by atoms with Gasteiger partial charge in [0, 0.05) is 22.5 Å². The number of nitrogens with one attached hydrogen (secondary N) is 1. The Hall–Kier alpha value is -0.640. The summed E-state index contributed by atoms with van der Waals surface area (Å²) in [4.78, 5) is 0.0482. The molecule has 0 aliphatic heterocycles. The third kappa shape index (κ3) is 4.44. The van der Waals surface area contributed by atoms with E-state index in [0.717, 1.165) is 0 Å². The fourth-order valence-electron chi connectivity index (χ4n) is 1.51. The summed E-state index contributed by atoms with van der Waals surface area (Å²) in [5.74, 6) is -0.243. The minimum absolute atomic E-state index is 0.0149. The van der Waals surface area contributed by atoms with Crippen molar-refractivity contribution in [2.24, 2.45) is 0 Å². The topological polar surface area (TPSA) is 106 Å². The van der Waals surface area contributed by atoms with E-state index in [4.69, 9.17) is 5.73 Å². The second kappa shape index (κ2) is 6.42. The van der Waals surface area contributed by atoms with Gasteiger partial charge < -0.3 is 5.73 Å². The van der Waals surface area contributed by atoms with Crippen LogP contribution in [-0.4, -0.2) is 34.9 Å². The van der Waals surface area contributed by atoms with Gasteiger partial charge in [0.1, 0.15) is 0 Å². The highest BCUT2D eigenvalue weighted by Gasteiger charge is 2.19. The molecule has 0 aromatic heterocycles. The van der Waals surface area contributed by atoms with Gasteiger partial charge in [0.25, 0.3) is 0 Å². The molecule has 0 atom stereocenters. The first-order valence-electron chi connectivity index (χ1n) is 5.85. The first-order chi connectivity index (χ1) is 9.09. The molecule has 0 saturated heterocycles. The number of sulfone groups is 1. The van der Waals surface area contributed by atoms with Crippen LogP contribution in [0.25, 0.3) is 0 Å². The predicted molar refractivity (Wildman–Crippen MR) is 82.8 cm³/mol. The summed E-state index contributed by atoms with van der Waals surface area (Å²) in [6.45, 7) is 3.00. The first kappa shape index (κ1) is 17.4. The number of halogens is 1. The van der Waals surface area contributed by atoms with E-state index in [1.807, 2.05) is 0 Å². The summed E-state index contributed by atoms with van der Waals surface area (Å²) in [6.07, 6.45) is 0. The fourth-order valence-corrected chi connectivity index (χ4v) is 4.09. The standard InChI is InChI=1S/C11H17BrN2O4S2/c1-3-19(15,16)5-4-14-20(17,18)11-7-10(13)9(12)6-8(11)2/h6-7,14H,3-5,13H2,1-2H3. The van der Waals surface area contributed by atoms with Gasteiger partial charge in [-0.05, 0) is 40.5 Å². The lowest BCUT2D eigenvalue weighted by molar-refractivity contribution is 0.580. The minimum Gasteiger partial charge on any atom is -0.398 e. The molecule has 0 saturated carbocycles. The highest BCUT2D eigenvalue weighted by atomic mass is 79.9. The number of aryl methyl sites for hydroxylation is 1. The van der Waals surface area contributed by atoms with Crippen molar-refractivity contribution in [1.29, 1.82) is 0 Å². The molecule has 0 fully saturated rings. The summed E-state index contributed by atoms with van der Waals surface area (Å²) < 4.78 is 49.8. The Labute approximate surface area is 127 Å². The van der Waals surface area contributed by atoms with Gasteiger partial charge in [-0.25, -0.2) is 21.6 Å². The molecule has 0 heterocycles. The van der Waals surface area contributed by atoms with E-state index in [9.17, 15) is 16.8 Å². The Morgan fingerprint density at radius 2 is 1.85 bits per heavy atom. The summed E-state index contributed by atoms with van der Waals surface area (Å²) >= 11 is 3.22. The molecule has 114 valence electrons. The van der Waals surface area contributed by atoms with E-state index in [-0.39, 0.29) is 22.9 Å². The molecular formula is C11H17BrN2O4S2. The van der Waals surface area contributed by atoms with Gasteiger partial charge in [-0.2, -0.15) is 0 Å². The second-order valence-electron chi connectivity index (χ2n) is 4.27. The number of anilines is 1. The molecule has 1 rings (SSSR count). The van der Waals surface area contributed by atoms with Crippen LogP contribution in [0.15, 0.2) is 21.5 Å². The van der Waals surface area contributed by atoms with Crippen molar-refractivity contribution in [2.45, 2.75) is 18.7 Å². The van der Waals surface area contributed by atoms with Crippen LogP contribution >= 0.6 is 15.9 Å². The Balaban J connectivity index is 2.93. The van der Waals surface area contributed by atoms with Crippen molar-refractivity contribution >= 4 is 41.5 Å². The molecule has 1 aromatic carbocycles. The average Bonchev–Trinajstić information content (AvgIpc) is 2.33. The number of rotatable bonds is 6. The highest BCUT2D eigenvalue weighted by Crippen LogP contribution is 2.26. The summed E-state index contributed by atoms with van der Waals surface area (Å²) in [5, 5.41) is 0. The van der Waals surface area contributed by atoms with E-state index in [2.05, 4.69) is 20.7 Å².